The van der Waals surface area contributed by atoms with Crippen molar-refractivity contribution in [3.63, 3.8) is 0 Å². The molecule has 0 fully saturated rings. The van der Waals surface area contributed by atoms with Gasteiger partial charge in [0, 0.05) is 23.2 Å². The molecule has 0 saturated carbocycles. The number of carbonyl (C=O) groups excluding carboxylic acids is 1. The second-order valence-corrected chi connectivity index (χ2v) is 4.79. The number of carbonyl (C=O) groups is 1. The van der Waals surface area contributed by atoms with Gasteiger partial charge in [0.1, 0.15) is 5.82 Å². The largest absolute Gasteiger partial charge is 0.370 e. The van der Waals surface area contributed by atoms with Crippen LogP contribution in [0.25, 0.3) is 0 Å². The summed E-state index contributed by atoms with van der Waals surface area (Å²) in [6.07, 6.45) is 0. The number of aryl methyl sites for hydroxylation is 1. The molecule has 0 aliphatic carbocycles. The molecule has 2 aromatic heterocycles. The van der Waals surface area contributed by atoms with E-state index in [1.807, 2.05) is 19.2 Å². The van der Waals surface area contributed by atoms with Crippen LogP contribution in [0.3, 0.4) is 0 Å². The Balaban J connectivity index is 2.05. The summed E-state index contributed by atoms with van der Waals surface area (Å²) < 4.78 is 0. The fraction of sp³-hybridized carbons (Fsp3) is 0.308. The number of hydrogen-bond acceptors (Lipinski definition) is 5. The van der Waals surface area contributed by atoms with Crippen LogP contribution in [0, 0.1) is 6.92 Å². The first-order valence-corrected chi connectivity index (χ1v) is 7.01. The molecule has 5 nitrogen and oxygen atoms in total. The van der Waals surface area contributed by atoms with Gasteiger partial charge in [0.25, 0.3) is 5.91 Å². The molecule has 0 saturated heterocycles. The minimum atomic E-state index is -0.113. The second-order valence-electron chi connectivity index (χ2n) is 4.08. The minimum Gasteiger partial charge on any atom is -0.370 e. The van der Waals surface area contributed by atoms with E-state index < -0.39 is 0 Å². The number of aromatic nitrogens is 2. The lowest BCUT2D eigenvalue weighted by molar-refractivity contribution is 0.0950. The fourth-order valence-corrected chi connectivity index (χ4v) is 2.23. The molecule has 0 bridgehead atoms. The van der Waals surface area contributed by atoms with Crippen LogP contribution in [0.15, 0.2) is 23.0 Å². The van der Waals surface area contributed by atoms with E-state index in [4.69, 9.17) is 0 Å². The van der Waals surface area contributed by atoms with Gasteiger partial charge in [0.05, 0.1) is 17.7 Å². The summed E-state index contributed by atoms with van der Waals surface area (Å²) in [4.78, 5) is 20.5. The van der Waals surface area contributed by atoms with Crippen molar-refractivity contribution < 1.29 is 4.79 Å². The van der Waals surface area contributed by atoms with Crippen LogP contribution in [0.4, 0.5) is 5.82 Å². The highest BCUT2D eigenvalue weighted by atomic mass is 32.1. The number of rotatable bonds is 5. The summed E-state index contributed by atoms with van der Waals surface area (Å²) in [6.45, 7) is 5.08. The molecular formula is C13H16N4OS. The smallest absolute Gasteiger partial charge is 0.251 e. The van der Waals surface area contributed by atoms with Gasteiger partial charge in [-0.05, 0) is 26.0 Å². The first-order chi connectivity index (χ1) is 9.19. The maximum absolute atomic E-state index is 12.1. The number of anilines is 1. The van der Waals surface area contributed by atoms with Gasteiger partial charge >= 0.3 is 0 Å². The molecule has 0 aromatic carbocycles. The monoisotopic (exact) mass is 276 g/mol. The maximum Gasteiger partial charge on any atom is 0.251 e. The second kappa shape index (κ2) is 6.29. The van der Waals surface area contributed by atoms with Crippen LogP contribution in [0.1, 0.15) is 28.7 Å². The topological polar surface area (TPSA) is 66.9 Å². The minimum absolute atomic E-state index is 0.113. The Bertz CT molecular complexity index is 554. The standard InChI is InChI=1S/C13H16N4OS/c1-3-14-12-5-10(4-9(2)17-12)13(18)15-6-11-7-19-8-16-11/h4-5,7-8H,3,6H2,1-2H3,(H,14,17)(H,15,18). The van der Waals surface area contributed by atoms with Crippen LogP contribution in [-0.2, 0) is 6.54 Å². The normalized spacial score (nSPS) is 10.2. The van der Waals surface area contributed by atoms with Gasteiger partial charge < -0.3 is 10.6 Å². The number of amides is 1. The Morgan fingerprint density at radius 1 is 1.42 bits per heavy atom. The molecule has 0 aliphatic heterocycles. The predicted octanol–water partition coefficient (Wildman–Crippen LogP) is 2.21. The van der Waals surface area contributed by atoms with Crippen molar-refractivity contribution in [2.45, 2.75) is 20.4 Å². The van der Waals surface area contributed by atoms with Crippen molar-refractivity contribution in [1.29, 1.82) is 0 Å². The zero-order valence-corrected chi connectivity index (χ0v) is 11.8. The van der Waals surface area contributed by atoms with Gasteiger partial charge in [-0.1, -0.05) is 0 Å². The summed E-state index contributed by atoms with van der Waals surface area (Å²) >= 11 is 1.52. The van der Waals surface area contributed by atoms with Crippen molar-refractivity contribution in [3.05, 3.63) is 40.0 Å². The molecule has 6 heteroatoms. The highest BCUT2D eigenvalue weighted by molar-refractivity contribution is 7.07. The van der Waals surface area contributed by atoms with Crippen LogP contribution in [-0.4, -0.2) is 22.4 Å². The van der Waals surface area contributed by atoms with E-state index in [2.05, 4.69) is 20.6 Å². The third kappa shape index (κ3) is 3.75. The number of nitrogens with zero attached hydrogens (tertiary/aromatic N) is 2. The first kappa shape index (κ1) is 13.5. The first-order valence-electron chi connectivity index (χ1n) is 6.07. The molecule has 1 amide bonds. The molecule has 100 valence electrons. The molecule has 0 unspecified atom stereocenters. The molecule has 0 atom stereocenters. The third-order valence-corrected chi connectivity index (χ3v) is 3.12. The molecule has 2 N–H and O–H groups in total. The molecule has 2 heterocycles. The van der Waals surface area contributed by atoms with Crippen molar-refractivity contribution in [1.82, 2.24) is 15.3 Å². The van der Waals surface area contributed by atoms with E-state index in [-0.39, 0.29) is 5.91 Å². The van der Waals surface area contributed by atoms with E-state index in [1.54, 1.807) is 17.6 Å². The van der Waals surface area contributed by atoms with Gasteiger partial charge in [0.15, 0.2) is 0 Å². The predicted molar refractivity (Wildman–Crippen MR) is 76.4 cm³/mol. The van der Waals surface area contributed by atoms with Gasteiger partial charge in [-0.3, -0.25) is 4.79 Å². The van der Waals surface area contributed by atoms with E-state index in [9.17, 15) is 4.79 Å². The number of hydrogen-bond donors (Lipinski definition) is 2. The van der Waals surface area contributed by atoms with Gasteiger partial charge in [-0.15, -0.1) is 11.3 Å². The Hall–Kier alpha value is -1.95. The zero-order chi connectivity index (χ0) is 13.7. The molecule has 0 aliphatic rings. The van der Waals surface area contributed by atoms with Crippen molar-refractivity contribution in [2.24, 2.45) is 0 Å². The van der Waals surface area contributed by atoms with Gasteiger partial charge in [-0.25, -0.2) is 9.97 Å². The highest BCUT2D eigenvalue weighted by Gasteiger charge is 2.08. The lowest BCUT2D eigenvalue weighted by atomic mass is 10.2. The van der Waals surface area contributed by atoms with Crippen molar-refractivity contribution in [3.8, 4) is 0 Å². The average molecular weight is 276 g/mol. The summed E-state index contributed by atoms with van der Waals surface area (Å²) in [5.74, 6) is 0.610. The van der Waals surface area contributed by atoms with Gasteiger partial charge in [0.2, 0.25) is 0 Å². The zero-order valence-electron chi connectivity index (χ0n) is 10.9. The summed E-state index contributed by atoms with van der Waals surface area (Å²) in [5.41, 5.74) is 4.05. The van der Waals surface area contributed by atoms with Gasteiger partial charge in [-0.2, -0.15) is 0 Å². The fourth-order valence-electron chi connectivity index (χ4n) is 1.67. The van der Waals surface area contributed by atoms with Crippen LogP contribution < -0.4 is 10.6 Å². The lowest BCUT2D eigenvalue weighted by Crippen LogP contribution is -2.23. The number of thiazole rings is 1. The van der Waals surface area contributed by atoms with Crippen LogP contribution in [0.5, 0.6) is 0 Å². The Kier molecular flexibility index (Phi) is 4.46. The van der Waals surface area contributed by atoms with E-state index in [1.165, 1.54) is 11.3 Å². The maximum atomic E-state index is 12.1. The molecular weight excluding hydrogens is 260 g/mol. The molecule has 0 spiro atoms. The Morgan fingerprint density at radius 2 is 2.26 bits per heavy atom. The van der Waals surface area contributed by atoms with Crippen LogP contribution in [0.2, 0.25) is 0 Å². The summed E-state index contributed by atoms with van der Waals surface area (Å²) in [6, 6.07) is 3.53. The molecule has 2 rings (SSSR count). The Labute approximate surface area is 116 Å². The Morgan fingerprint density at radius 3 is 2.95 bits per heavy atom. The van der Waals surface area contributed by atoms with E-state index in [0.717, 1.165) is 23.8 Å². The average Bonchev–Trinajstić information content (AvgIpc) is 2.88. The summed E-state index contributed by atoms with van der Waals surface area (Å²) in [5, 5.41) is 7.88. The number of pyridine rings is 1. The molecule has 19 heavy (non-hydrogen) atoms. The van der Waals surface area contributed by atoms with E-state index >= 15 is 0 Å². The van der Waals surface area contributed by atoms with Crippen LogP contribution >= 0.6 is 11.3 Å². The third-order valence-electron chi connectivity index (χ3n) is 2.49. The lowest BCUT2D eigenvalue weighted by Gasteiger charge is -2.08. The quantitative estimate of drug-likeness (QED) is 0.878. The summed E-state index contributed by atoms with van der Waals surface area (Å²) in [7, 11) is 0. The van der Waals surface area contributed by atoms with E-state index in [0.29, 0.717) is 12.1 Å². The highest BCUT2D eigenvalue weighted by Crippen LogP contribution is 2.10. The van der Waals surface area contributed by atoms with Crippen molar-refractivity contribution in [2.75, 3.05) is 11.9 Å². The van der Waals surface area contributed by atoms with Crippen molar-refractivity contribution >= 4 is 23.1 Å². The number of nitrogens with one attached hydrogen (secondary N) is 2. The molecule has 0 radical (unpaired) electrons. The SMILES string of the molecule is CCNc1cc(C(=O)NCc2cscn2)cc(C)n1. The molecule has 2 aromatic rings.